The van der Waals surface area contributed by atoms with Gasteiger partial charge in [-0.3, -0.25) is 14.4 Å². The number of carbonyl (C=O) groups excluding carboxylic acids is 1. The summed E-state index contributed by atoms with van der Waals surface area (Å²) in [6.07, 6.45) is -1.01. The molecule has 1 amide bonds. The lowest BCUT2D eigenvalue weighted by atomic mass is 9.96. The Morgan fingerprint density at radius 2 is 1.93 bits per heavy atom. The topological polar surface area (TPSA) is 109 Å². The molecular weight excluding hydrogens is 547 g/mol. The number of nitrogens with zero attached hydrogens (tertiary/aromatic N) is 6. The minimum absolute atomic E-state index is 0.0169. The summed E-state index contributed by atoms with van der Waals surface area (Å²) in [5.41, 5.74) is 6.04. The van der Waals surface area contributed by atoms with Crippen molar-refractivity contribution in [1.82, 2.24) is 25.1 Å². The number of alkyl halides is 3. The summed E-state index contributed by atoms with van der Waals surface area (Å²) < 4.78 is 42.1. The number of rotatable bonds is 9. The van der Waals surface area contributed by atoms with E-state index in [0.29, 0.717) is 41.8 Å². The normalized spacial score (nSPS) is 14.7. The maximum atomic E-state index is 13.6. The van der Waals surface area contributed by atoms with E-state index in [9.17, 15) is 23.2 Å². The molecule has 1 aliphatic carbocycles. The highest BCUT2D eigenvalue weighted by Crippen LogP contribution is 2.43. The van der Waals surface area contributed by atoms with Crippen LogP contribution in [-0.4, -0.2) is 45.2 Å². The number of aryl methyl sites for hydroxylation is 1. The molecule has 3 heterocycles. The highest BCUT2D eigenvalue weighted by molar-refractivity contribution is 6.10. The standard InChI is InChI=1S/C30H26F3N7O2/c1-39-17-36-38-28(39)25-10-18(14-34)3-7-23(25)22-12-26(20-5-6-20)37-27(13-22)40-16-21-4-2-19(11-24(21)29(40)41)15-35-8-9-42-30(31,32)33/h2-4,7,10-13,17,20,35H,5-6,8-9,15-16H2,1H3. The van der Waals surface area contributed by atoms with E-state index in [0.717, 1.165) is 46.4 Å². The molecule has 2 aliphatic rings. The SMILES string of the molecule is Cn1cnnc1-c1cc(C#N)ccc1-c1cc(C2CC2)nc(N2Cc3ccc(CNCCOC(F)(F)F)cc3C2=O)c1. The second-order valence-corrected chi connectivity index (χ2v) is 10.4. The van der Waals surface area contributed by atoms with Gasteiger partial charge in [-0.15, -0.1) is 23.4 Å². The van der Waals surface area contributed by atoms with E-state index in [4.69, 9.17) is 4.98 Å². The van der Waals surface area contributed by atoms with Gasteiger partial charge in [-0.1, -0.05) is 18.2 Å². The number of carbonyl (C=O) groups is 1. The summed E-state index contributed by atoms with van der Waals surface area (Å²) in [6, 6.07) is 17.1. The third-order valence-corrected chi connectivity index (χ3v) is 7.37. The first kappa shape index (κ1) is 27.6. The van der Waals surface area contributed by atoms with Crippen LogP contribution in [0.5, 0.6) is 0 Å². The molecule has 1 saturated carbocycles. The van der Waals surface area contributed by atoms with E-state index in [1.54, 1.807) is 34.0 Å². The minimum atomic E-state index is -4.66. The molecule has 0 spiro atoms. The molecule has 12 heteroatoms. The van der Waals surface area contributed by atoms with E-state index in [1.807, 2.05) is 37.4 Å². The maximum Gasteiger partial charge on any atom is 0.522 e. The fourth-order valence-corrected chi connectivity index (χ4v) is 5.11. The molecule has 0 atom stereocenters. The molecule has 0 radical (unpaired) electrons. The lowest BCUT2D eigenvalue weighted by molar-refractivity contribution is -0.323. The summed E-state index contributed by atoms with van der Waals surface area (Å²) in [7, 11) is 1.84. The number of amides is 1. The van der Waals surface area contributed by atoms with Crippen LogP contribution in [0.2, 0.25) is 0 Å². The van der Waals surface area contributed by atoms with E-state index >= 15 is 0 Å². The van der Waals surface area contributed by atoms with Gasteiger partial charge in [-0.05, 0) is 65.4 Å². The van der Waals surface area contributed by atoms with Crippen molar-refractivity contribution in [1.29, 1.82) is 5.26 Å². The van der Waals surface area contributed by atoms with Crippen molar-refractivity contribution in [3.05, 3.63) is 82.8 Å². The van der Waals surface area contributed by atoms with Crippen molar-refractivity contribution >= 4 is 11.7 Å². The molecule has 1 N–H and O–H groups in total. The average molecular weight is 574 g/mol. The molecule has 1 aliphatic heterocycles. The number of hydrogen-bond donors (Lipinski definition) is 1. The Morgan fingerprint density at radius 1 is 1.10 bits per heavy atom. The first-order valence-corrected chi connectivity index (χ1v) is 13.5. The summed E-state index contributed by atoms with van der Waals surface area (Å²) in [4.78, 5) is 20.2. The minimum Gasteiger partial charge on any atom is -0.317 e. The number of aromatic nitrogens is 4. The molecule has 2 aromatic heterocycles. The van der Waals surface area contributed by atoms with Gasteiger partial charge in [0.15, 0.2) is 5.82 Å². The Bertz CT molecular complexity index is 1710. The van der Waals surface area contributed by atoms with Gasteiger partial charge in [0.05, 0.1) is 24.8 Å². The van der Waals surface area contributed by atoms with Crippen LogP contribution in [0.4, 0.5) is 19.0 Å². The second-order valence-electron chi connectivity index (χ2n) is 10.4. The molecular formula is C30H26F3N7O2. The molecule has 2 aromatic carbocycles. The Kier molecular flexibility index (Phi) is 7.22. The van der Waals surface area contributed by atoms with Crippen molar-refractivity contribution < 1.29 is 22.7 Å². The van der Waals surface area contributed by atoms with Crippen LogP contribution in [0.1, 0.15) is 51.5 Å². The summed E-state index contributed by atoms with van der Waals surface area (Å²) in [5.74, 6) is 1.28. The number of nitrogens with one attached hydrogen (secondary N) is 1. The first-order chi connectivity index (χ1) is 20.2. The van der Waals surface area contributed by atoms with Crippen molar-refractivity contribution in [3.63, 3.8) is 0 Å². The predicted molar refractivity (Wildman–Crippen MR) is 147 cm³/mol. The number of hydrogen-bond acceptors (Lipinski definition) is 7. The fourth-order valence-electron chi connectivity index (χ4n) is 5.11. The van der Waals surface area contributed by atoms with Gasteiger partial charge in [0, 0.05) is 42.9 Å². The van der Waals surface area contributed by atoms with Crippen molar-refractivity contribution in [3.8, 4) is 28.6 Å². The Hall–Kier alpha value is -4.60. The van der Waals surface area contributed by atoms with Gasteiger partial charge < -0.3 is 9.88 Å². The molecule has 214 valence electrons. The average Bonchev–Trinajstić information content (AvgIpc) is 3.66. The zero-order valence-corrected chi connectivity index (χ0v) is 22.6. The van der Waals surface area contributed by atoms with Crippen LogP contribution in [0.15, 0.2) is 54.9 Å². The van der Waals surface area contributed by atoms with Gasteiger partial charge in [0.1, 0.15) is 12.1 Å². The van der Waals surface area contributed by atoms with Crippen LogP contribution in [0.3, 0.4) is 0 Å². The number of pyridine rings is 1. The monoisotopic (exact) mass is 573 g/mol. The molecule has 42 heavy (non-hydrogen) atoms. The van der Waals surface area contributed by atoms with Crippen molar-refractivity contribution in [2.45, 2.75) is 38.2 Å². The lowest BCUT2D eigenvalue weighted by Crippen LogP contribution is -2.25. The molecule has 6 rings (SSSR count). The van der Waals surface area contributed by atoms with Crippen LogP contribution >= 0.6 is 0 Å². The Morgan fingerprint density at radius 3 is 2.64 bits per heavy atom. The number of benzene rings is 2. The molecule has 4 aromatic rings. The Labute approximate surface area is 239 Å². The van der Waals surface area contributed by atoms with E-state index in [1.165, 1.54) is 0 Å². The molecule has 9 nitrogen and oxygen atoms in total. The molecule has 0 saturated heterocycles. The van der Waals surface area contributed by atoms with Crippen LogP contribution in [0.25, 0.3) is 22.5 Å². The number of nitriles is 1. The number of halogens is 3. The molecule has 0 unspecified atom stereocenters. The summed E-state index contributed by atoms with van der Waals surface area (Å²) in [6.45, 7) is 0.170. The van der Waals surface area contributed by atoms with Crippen LogP contribution in [0, 0.1) is 11.3 Å². The predicted octanol–water partition coefficient (Wildman–Crippen LogP) is 5.08. The summed E-state index contributed by atoms with van der Waals surface area (Å²) in [5, 5.41) is 20.7. The van der Waals surface area contributed by atoms with Crippen LogP contribution < -0.4 is 10.2 Å². The van der Waals surface area contributed by atoms with Gasteiger partial charge in [0.2, 0.25) is 0 Å². The highest BCUT2D eigenvalue weighted by atomic mass is 19.4. The maximum absolute atomic E-state index is 13.6. The van der Waals surface area contributed by atoms with Gasteiger partial charge in [-0.25, -0.2) is 4.98 Å². The zero-order valence-electron chi connectivity index (χ0n) is 22.6. The van der Waals surface area contributed by atoms with Gasteiger partial charge >= 0.3 is 6.36 Å². The lowest BCUT2D eigenvalue weighted by Gasteiger charge is -2.18. The quantitative estimate of drug-likeness (QED) is 0.278. The molecule has 1 fully saturated rings. The number of anilines is 1. The Balaban J connectivity index is 1.29. The van der Waals surface area contributed by atoms with Gasteiger partial charge in [0.25, 0.3) is 5.91 Å². The van der Waals surface area contributed by atoms with E-state index in [-0.39, 0.29) is 12.5 Å². The van der Waals surface area contributed by atoms with E-state index < -0.39 is 13.0 Å². The zero-order chi connectivity index (χ0) is 29.4. The van der Waals surface area contributed by atoms with Crippen molar-refractivity contribution in [2.24, 2.45) is 7.05 Å². The smallest absolute Gasteiger partial charge is 0.317 e. The largest absolute Gasteiger partial charge is 0.522 e. The van der Waals surface area contributed by atoms with E-state index in [2.05, 4.69) is 26.3 Å². The third kappa shape index (κ3) is 5.74. The molecule has 0 bridgehead atoms. The first-order valence-electron chi connectivity index (χ1n) is 13.5. The van der Waals surface area contributed by atoms with Crippen LogP contribution in [-0.2, 0) is 24.9 Å². The highest BCUT2D eigenvalue weighted by Gasteiger charge is 2.33. The van der Waals surface area contributed by atoms with Gasteiger partial charge in [-0.2, -0.15) is 5.26 Å². The number of fused-ring (bicyclic) bond motifs is 1. The fraction of sp³-hybridized carbons (Fsp3) is 0.300. The summed E-state index contributed by atoms with van der Waals surface area (Å²) >= 11 is 0. The third-order valence-electron chi connectivity index (χ3n) is 7.37. The van der Waals surface area contributed by atoms with Crippen molar-refractivity contribution in [2.75, 3.05) is 18.1 Å². The second kappa shape index (κ2) is 11.0. The number of ether oxygens (including phenoxy) is 1.